The molecule has 1 heterocycles. The first-order valence-corrected chi connectivity index (χ1v) is 6.42. The topological polar surface area (TPSA) is 103 Å². The van der Waals surface area contributed by atoms with E-state index in [0.717, 1.165) is 12.4 Å². The molecule has 6 nitrogen and oxygen atoms in total. The summed E-state index contributed by atoms with van der Waals surface area (Å²) in [5.74, 6) is -1.03. The van der Waals surface area contributed by atoms with Crippen LogP contribution < -0.4 is 5.73 Å². The lowest BCUT2D eigenvalue weighted by Gasteiger charge is -2.03. The van der Waals surface area contributed by atoms with Gasteiger partial charge in [0.15, 0.2) is 0 Å². The number of aromatic nitrogens is 2. The van der Waals surface area contributed by atoms with E-state index in [9.17, 15) is 13.2 Å². The Morgan fingerprint density at radius 2 is 1.56 bits per heavy atom. The van der Waals surface area contributed by atoms with Gasteiger partial charge >= 0.3 is 0 Å². The monoisotopic (exact) mass is 263 g/mol. The van der Waals surface area contributed by atoms with Gasteiger partial charge in [-0.15, -0.1) is 0 Å². The normalized spacial score (nSPS) is 11.1. The Bertz CT molecular complexity index is 666. The molecule has 0 saturated heterocycles. The van der Waals surface area contributed by atoms with Crippen LogP contribution in [-0.4, -0.2) is 24.3 Å². The standard InChI is InChI=1S/C11H9N3O3S/c12-10(15)11-13-6-9(7-14-11)18(16,17)8-4-2-1-3-5-8/h1-7H,(H2,12,15). The van der Waals surface area contributed by atoms with E-state index in [1.165, 1.54) is 12.1 Å². The largest absolute Gasteiger partial charge is 0.363 e. The van der Waals surface area contributed by atoms with Crippen LogP contribution in [0.2, 0.25) is 0 Å². The molecule has 7 heteroatoms. The van der Waals surface area contributed by atoms with Crippen LogP contribution in [0.4, 0.5) is 0 Å². The van der Waals surface area contributed by atoms with E-state index < -0.39 is 15.7 Å². The van der Waals surface area contributed by atoms with E-state index in [4.69, 9.17) is 5.73 Å². The van der Waals surface area contributed by atoms with Crippen molar-refractivity contribution < 1.29 is 13.2 Å². The number of nitrogens with zero attached hydrogens (tertiary/aromatic N) is 2. The van der Waals surface area contributed by atoms with Crippen molar-refractivity contribution in [1.29, 1.82) is 0 Å². The Morgan fingerprint density at radius 3 is 2.06 bits per heavy atom. The van der Waals surface area contributed by atoms with Crippen LogP contribution in [0.3, 0.4) is 0 Å². The van der Waals surface area contributed by atoms with Crippen molar-refractivity contribution in [3.05, 3.63) is 48.5 Å². The molecule has 1 aromatic carbocycles. The second-order valence-corrected chi connectivity index (χ2v) is 5.37. The third-order valence-electron chi connectivity index (χ3n) is 2.21. The second-order valence-electron chi connectivity index (χ2n) is 3.42. The van der Waals surface area contributed by atoms with Gasteiger partial charge in [-0.25, -0.2) is 18.4 Å². The van der Waals surface area contributed by atoms with Gasteiger partial charge < -0.3 is 5.73 Å². The van der Waals surface area contributed by atoms with Gasteiger partial charge in [0, 0.05) is 0 Å². The highest BCUT2D eigenvalue weighted by molar-refractivity contribution is 7.91. The molecule has 1 amide bonds. The SMILES string of the molecule is NC(=O)c1ncc(S(=O)(=O)c2ccccc2)cn1. The molecule has 2 N–H and O–H groups in total. The third kappa shape index (κ3) is 2.21. The van der Waals surface area contributed by atoms with Crippen LogP contribution in [0, 0.1) is 0 Å². The van der Waals surface area contributed by atoms with Crippen LogP contribution in [-0.2, 0) is 9.84 Å². The minimum Gasteiger partial charge on any atom is -0.363 e. The van der Waals surface area contributed by atoms with Gasteiger partial charge in [-0.05, 0) is 12.1 Å². The molecule has 0 aliphatic carbocycles. The van der Waals surface area contributed by atoms with Gasteiger partial charge in [0.1, 0.15) is 4.90 Å². The first-order chi connectivity index (χ1) is 8.51. The number of hydrogen-bond acceptors (Lipinski definition) is 5. The van der Waals surface area contributed by atoms with Crippen LogP contribution in [0.1, 0.15) is 10.6 Å². The van der Waals surface area contributed by atoms with Gasteiger partial charge in [0.2, 0.25) is 15.7 Å². The molecular formula is C11H9N3O3S. The average molecular weight is 263 g/mol. The van der Waals surface area contributed by atoms with Crippen LogP contribution in [0.15, 0.2) is 52.5 Å². The van der Waals surface area contributed by atoms with E-state index in [1.54, 1.807) is 18.2 Å². The van der Waals surface area contributed by atoms with E-state index in [1.807, 2.05) is 0 Å². The predicted molar refractivity (Wildman–Crippen MR) is 62.4 cm³/mol. The summed E-state index contributed by atoms with van der Waals surface area (Å²) in [6.07, 6.45) is 2.13. The summed E-state index contributed by atoms with van der Waals surface area (Å²) in [5.41, 5.74) is 4.97. The number of benzene rings is 1. The number of carbonyl (C=O) groups excluding carboxylic acids is 1. The van der Waals surface area contributed by atoms with E-state index >= 15 is 0 Å². The van der Waals surface area contributed by atoms with Gasteiger partial charge in [-0.2, -0.15) is 0 Å². The molecule has 0 spiro atoms. The van der Waals surface area contributed by atoms with E-state index in [0.29, 0.717) is 0 Å². The summed E-state index contributed by atoms with van der Waals surface area (Å²) < 4.78 is 24.2. The van der Waals surface area contributed by atoms with Crippen molar-refractivity contribution in [3.8, 4) is 0 Å². The zero-order chi connectivity index (χ0) is 13.2. The summed E-state index contributed by atoms with van der Waals surface area (Å²) in [5, 5.41) is 0. The first-order valence-electron chi connectivity index (χ1n) is 4.94. The number of rotatable bonds is 3. The Morgan fingerprint density at radius 1 is 1.00 bits per heavy atom. The maximum absolute atomic E-state index is 12.1. The van der Waals surface area contributed by atoms with Crippen molar-refractivity contribution in [2.75, 3.05) is 0 Å². The molecule has 0 aliphatic rings. The molecule has 2 aromatic rings. The quantitative estimate of drug-likeness (QED) is 0.863. The summed E-state index contributed by atoms with van der Waals surface area (Å²) in [6.45, 7) is 0. The van der Waals surface area contributed by atoms with Gasteiger partial charge in [-0.3, -0.25) is 4.79 Å². The number of nitrogens with two attached hydrogens (primary N) is 1. The molecule has 92 valence electrons. The van der Waals surface area contributed by atoms with Gasteiger partial charge in [0.05, 0.1) is 17.3 Å². The molecule has 0 aliphatic heterocycles. The van der Waals surface area contributed by atoms with Gasteiger partial charge in [0.25, 0.3) is 5.91 Å². The highest BCUT2D eigenvalue weighted by Gasteiger charge is 2.18. The molecule has 0 bridgehead atoms. The van der Waals surface area contributed by atoms with Crippen LogP contribution in [0.5, 0.6) is 0 Å². The van der Waals surface area contributed by atoms with Gasteiger partial charge in [-0.1, -0.05) is 18.2 Å². The molecule has 0 atom stereocenters. The first kappa shape index (κ1) is 12.2. The summed E-state index contributed by atoms with van der Waals surface area (Å²) in [6, 6.07) is 7.89. The minimum atomic E-state index is -3.66. The molecule has 0 fully saturated rings. The maximum Gasteiger partial charge on any atom is 0.286 e. The van der Waals surface area contributed by atoms with E-state index in [2.05, 4.69) is 9.97 Å². The molecule has 18 heavy (non-hydrogen) atoms. The number of hydrogen-bond donors (Lipinski definition) is 1. The maximum atomic E-state index is 12.1. The second kappa shape index (κ2) is 4.53. The lowest BCUT2D eigenvalue weighted by Crippen LogP contribution is -2.15. The summed E-state index contributed by atoms with van der Waals surface area (Å²) in [4.78, 5) is 18.0. The Balaban J connectivity index is 2.46. The zero-order valence-corrected chi connectivity index (χ0v) is 9.96. The summed E-state index contributed by atoms with van der Waals surface area (Å²) in [7, 11) is -3.66. The third-order valence-corrected chi connectivity index (χ3v) is 3.94. The highest BCUT2D eigenvalue weighted by atomic mass is 32.2. The highest BCUT2D eigenvalue weighted by Crippen LogP contribution is 2.18. The Labute approximate surface area is 103 Å². The predicted octanol–water partition coefficient (Wildman–Crippen LogP) is 0.408. The van der Waals surface area contributed by atoms with Crippen LogP contribution >= 0.6 is 0 Å². The lowest BCUT2D eigenvalue weighted by atomic mass is 10.4. The molecular weight excluding hydrogens is 254 g/mol. The number of amides is 1. The Kier molecular flexibility index (Phi) is 3.07. The fourth-order valence-corrected chi connectivity index (χ4v) is 2.49. The summed E-state index contributed by atoms with van der Waals surface area (Å²) >= 11 is 0. The molecule has 0 saturated carbocycles. The lowest BCUT2D eigenvalue weighted by molar-refractivity contribution is 0.0990. The van der Waals surface area contributed by atoms with Crippen molar-refractivity contribution in [3.63, 3.8) is 0 Å². The number of primary amides is 1. The number of carbonyl (C=O) groups is 1. The molecule has 1 aromatic heterocycles. The number of sulfone groups is 1. The Hall–Kier alpha value is -2.28. The smallest absolute Gasteiger partial charge is 0.286 e. The minimum absolute atomic E-state index is 0.0845. The van der Waals surface area contributed by atoms with Crippen LogP contribution in [0.25, 0.3) is 0 Å². The van der Waals surface area contributed by atoms with Crippen molar-refractivity contribution in [1.82, 2.24) is 9.97 Å². The zero-order valence-electron chi connectivity index (χ0n) is 9.15. The fraction of sp³-hybridized carbons (Fsp3) is 0. The van der Waals surface area contributed by atoms with Crippen molar-refractivity contribution in [2.24, 2.45) is 5.73 Å². The molecule has 2 rings (SSSR count). The average Bonchev–Trinajstić information content (AvgIpc) is 2.40. The van der Waals surface area contributed by atoms with Crippen molar-refractivity contribution in [2.45, 2.75) is 9.79 Å². The molecule has 0 unspecified atom stereocenters. The fourth-order valence-electron chi connectivity index (χ4n) is 1.32. The van der Waals surface area contributed by atoms with Crippen molar-refractivity contribution >= 4 is 15.7 Å². The van der Waals surface area contributed by atoms with E-state index in [-0.39, 0.29) is 15.6 Å². The molecule has 0 radical (unpaired) electrons.